The summed E-state index contributed by atoms with van der Waals surface area (Å²) in [5.41, 5.74) is 1.14. The van der Waals surface area contributed by atoms with Gasteiger partial charge < -0.3 is 5.32 Å². The third-order valence-corrected chi connectivity index (χ3v) is 4.85. The minimum absolute atomic E-state index is 0.00475. The molecule has 1 aromatic carbocycles. The molecule has 0 saturated carbocycles. The predicted molar refractivity (Wildman–Crippen MR) is 88.5 cm³/mol. The molecule has 124 valence electrons. The lowest BCUT2D eigenvalue weighted by atomic mass is 10.1. The van der Waals surface area contributed by atoms with Gasteiger partial charge in [-0.15, -0.1) is 0 Å². The van der Waals surface area contributed by atoms with Crippen molar-refractivity contribution >= 4 is 15.9 Å². The summed E-state index contributed by atoms with van der Waals surface area (Å²) in [5, 5.41) is 2.79. The Hall–Kier alpha value is -1.40. The smallest absolute Gasteiger partial charge is 0.251 e. The van der Waals surface area contributed by atoms with E-state index < -0.39 is 10.0 Å². The number of rotatable bonds is 7. The maximum atomic E-state index is 12.4. The van der Waals surface area contributed by atoms with Crippen molar-refractivity contribution in [2.75, 3.05) is 0 Å². The SMILES string of the molecule is CCC[C@@H](C)NS(=O)(=O)c1ccc(C)c(C(=O)NC(C)C)c1. The topological polar surface area (TPSA) is 75.3 Å². The molecule has 0 aliphatic carbocycles. The van der Waals surface area contributed by atoms with Gasteiger partial charge in [0.2, 0.25) is 10.0 Å². The maximum absolute atomic E-state index is 12.4. The van der Waals surface area contributed by atoms with Gasteiger partial charge >= 0.3 is 0 Å². The summed E-state index contributed by atoms with van der Waals surface area (Å²) >= 11 is 0. The Balaban J connectivity index is 3.09. The summed E-state index contributed by atoms with van der Waals surface area (Å²) in [6, 6.07) is 4.49. The first-order valence-electron chi connectivity index (χ1n) is 7.61. The first-order valence-corrected chi connectivity index (χ1v) is 9.09. The fourth-order valence-electron chi connectivity index (χ4n) is 2.18. The van der Waals surface area contributed by atoms with Crippen molar-refractivity contribution in [1.29, 1.82) is 0 Å². The van der Waals surface area contributed by atoms with Gasteiger partial charge in [-0.25, -0.2) is 13.1 Å². The summed E-state index contributed by atoms with van der Waals surface area (Å²) in [5.74, 6) is -0.258. The highest BCUT2D eigenvalue weighted by molar-refractivity contribution is 7.89. The zero-order valence-electron chi connectivity index (χ0n) is 13.9. The highest BCUT2D eigenvalue weighted by Gasteiger charge is 2.20. The highest BCUT2D eigenvalue weighted by Crippen LogP contribution is 2.16. The van der Waals surface area contributed by atoms with E-state index in [1.807, 2.05) is 27.7 Å². The summed E-state index contributed by atoms with van der Waals surface area (Å²) in [6.07, 6.45) is 1.67. The predicted octanol–water partition coefficient (Wildman–Crippen LogP) is 2.60. The van der Waals surface area contributed by atoms with Crippen molar-refractivity contribution in [2.45, 2.75) is 64.4 Å². The van der Waals surface area contributed by atoms with Crippen LogP contribution in [0.2, 0.25) is 0 Å². The van der Waals surface area contributed by atoms with E-state index >= 15 is 0 Å². The number of aryl methyl sites for hydroxylation is 1. The fourth-order valence-corrected chi connectivity index (χ4v) is 3.48. The van der Waals surface area contributed by atoms with Crippen molar-refractivity contribution < 1.29 is 13.2 Å². The zero-order chi connectivity index (χ0) is 16.9. The number of hydrogen-bond acceptors (Lipinski definition) is 3. The molecular formula is C16H26N2O3S. The van der Waals surface area contributed by atoms with Crippen LogP contribution < -0.4 is 10.0 Å². The van der Waals surface area contributed by atoms with Gasteiger partial charge in [0.15, 0.2) is 0 Å². The van der Waals surface area contributed by atoms with Crippen LogP contribution in [0.25, 0.3) is 0 Å². The number of carbonyl (C=O) groups excluding carboxylic acids is 1. The molecule has 0 aromatic heterocycles. The van der Waals surface area contributed by atoms with Crippen LogP contribution in [0.4, 0.5) is 0 Å². The second kappa shape index (κ2) is 7.74. The fraction of sp³-hybridized carbons (Fsp3) is 0.562. The van der Waals surface area contributed by atoms with E-state index in [9.17, 15) is 13.2 Å². The molecule has 0 bridgehead atoms. The van der Waals surface area contributed by atoms with Crippen LogP contribution in [-0.4, -0.2) is 26.4 Å². The Morgan fingerprint density at radius 2 is 1.86 bits per heavy atom. The van der Waals surface area contributed by atoms with Crippen LogP contribution in [0, 0.1) is 6.92 Å². The lowest BCUT2D eigenvalue weighted by molar-refractivity contribution is 0.0942. The molecule has 0 fully saturated rings. The quantitative estimate of drug-likeness (QED) is 0.809. The largest absolute Gasteiger partial charge is 0.350 e. The summed E-state index contributed by atoms with van der Waals surface area (Å²) < 4.78 is 27.4. The monoisotopic (exact) mass is 326 g/mol. The van der Waals surface area contributed by atoms with Crippen LogP contribution in [0.15, 0.2) is 23.1 Å². The third-order valence-electron chi connectivity index (χ3n) is 3.26. The molecule has 1 rings (SSSR count). The molecule has 5 nitrogen and oxygen atoms in total. The molecule has 2 N–H and O–H groups in total. The Labute approximate surface area is 133 Å². The van der Waals surface area contributed by atoms with Gasteiger partial charge in [0.25, 0.3) is 5.91 Å². The first kappa shape index (κ1) is 18.6. The lowest BCUT2D eigenvalue weighted by Gasteiger charge is -2.15. The van der Waals surface area contributed by atoms with Gasteiger partial charge in [0.1, 0.15) is 0 Å². The van der Waals surface area contributed by atoms with E-state index in [4.69, 9.17) is 0 Å². The number of hydrogen-bond donors (Lipinski definition) is 2. The van der Waals surface area contributed by atoms with E-state index in [1.165, 1.54) is 12.1 Å². The maximum Gasteiger partial charge on any atom is 0.251 e. The van der Waals surface area contributed by atoms with E-state index in [2.05, 4.69) is 10.0 Å². The molecule has 0 aliphatic rings. The van der Waals surface area contributed by atoms with Crippen molar-refractivity contribution in [3.63, 3.8) is 0 Å². The van der Waals surface area contributed by atoms with Crippen LogP contribution in [0.5, 0.6) is 0 Å². The third kappa shape index (κ3) is 5.10. The van der Waals surface area contributed by atoms with E-state index in [0.717, 1.165) is 18.4 Å². The minimum Gasteiger partial charge on any atom is -0.350 e. The van der Waals surface area contributed by atoms with Crippen molar-refractivity contribution in [2.24, 2.45) is 0 Å². The molecule has 0 saturated heterocycles. The van der Waals surface area contributed by atoms with Crippen molar-refractivity contribution in [1.82, 2.24) is 10.0 Å². The van der Waals surface area contributed by atoms with Gasteiger partial charge in [-0.05, 0) is 51.8 Å². The van der Waals surface area contributed by atoms with Gasteiger partial charge in [0, 0.05) is 17.6 Å². The number of carbonyl (C=O) groups is 1. The number of benzene rings is 1. The molecule has 1 atom stereocenters. The lowest BCUT2D eigenvalue weighted by Crippen LogP contribution is -2.33. The van der Waals surface area contributed by atoms with Crippen LogP contribution in [-0.2, 0) is 10.0 Å². The Morgan fingerprint density at radius 3 is 2.41 bits per heavy atom. The van der Waals surface area contributed by atoms with Crippen LogP contribution in [0.3, 0.4) is 0 Å². The Morgan fingerprint density at radius 1 is 1.23 bits per heavy atom. The van der Waals surface area contributed by atoms with E-state index in [1.54, 1.807) is 13.0 Å². The van der Waals surface area contributed by atoms with Gasteiger partial charge in [0.05, 0.1) is 4.90 Å². The summed E-state index contributed by atoms with van der Waals surface area (Å²) in [6.45, 7) is 9.36. The van der Waals surface area contributed by atoms with Gasteiger partial charge in [-0.2, -0.15) is 0 Å². The average molecular weight is 326 g/mol. The van der Waals surface area contributed by atoms with Crippen LogP contribution >= 0.6 is 0 Å². The molecule has 22 heavy (non-hydrogen) atoms. The molecule has 0 unspecified atom stereocenters. The standard InChI is InChI=1S/C16H26N2O3S/c1-6-7-13(5)18-22(20,21)14-9-8-12(4)15(10-14)16(19)17-11(2)3/h8-11,13,18H,6-7H2,1-5H3,(H,17,19)/t13-/m1/s1. The van der Waals surface area contributed by atoms with Crippen molar-refractivity contribution in [3.8, 4) is 0 Å². The average Bonchev–Trinajstić information content (AvgIpc) is 2.37. The molecule has 1 aromatic rings. The second-order valence-electron chi connectivity index (χ2n) is 5.92. The van der Waals surface area contributed by atoms with Gasteiger partial charge in [-0.3, -0.25) is 4.79 Å². The zero-order valence-corrected chi connectivity index (χ0v) is 14.8. The first-order chi connectivity index (χ1) is 10.2. The van der Waals surface area contributed by atoms with E-state index in [-0.39, 0.29) is 22.9 Å². The molecule has 1 amide bonds. The van der Waals surface area contributed by atoms with Crippen LogP contribution in [0.1, 0.15) is 56.5 Å². The summed E-state index contributed by atoms with van der Waals surface area (Å²) in [4.78, 5) is 12.3. The molecule has 0 heterocycles. The van der Waals surface area contributed by atoms with E-state index in [0.29, 0.717) is 5.56 Å². The molecule has 0 radical (unpaired) electrons. The number of amides is 1. The van der Waals surface area contributed by atoms with Gasteiger partial charge in [-0.1, -0.05) is 19.4 Å². The molecule has 0 spiro atoms. The molecule has 6 heteroatoms. The van der Waals surface area contributed by atoms with Crippen molar-refractivity contribution in [3.05, 3.63) is 29.3 Å². The minimum atomic E-state index is -3.61. The second-order valence-corrected chi connectivity index (χ2v) is 7.63. The number of sulfonamides is 1. The molecular weight excluding hydrogens is 300 g/mol. The Bertz CT molecular complexity index is 624. The normalized spacial score (nSPS) is 13.2. The summed E-state index contributed by atoms with van der Waals surface area (Å²) in [7, 11) is -3.61. The number of nitrogens with one attached hydrogen (secondary N) is 2. The molecule has 0 aliphatic heterocycles. The highest BCUT2D eigenvalue weighted by atomic mass is 32.2. The Kier molecular flexibility index (Phi) is 6.56.